The Hall–Kier alpha value is -2.37. The van der Waals surface area contributed by atoms with Crippen LogP contribution in [-0.2, 0) is 4.74 Å². The van der Waals surface area contributed by atoms with E-state index in [1.807, 2.05) is 32.9 Å². The molecule has 4 aliphatic heterocycles. The van der Waals surface area contributed by atoms with Gasteiger partial charge in [-0.1, -0.05) is 35.3 Å². The number of carbonyl (C=O) groups is 1. The van der Waals surface area contributed by atoms with Crippen molar-refractivity contribution in [1.82, 2.24) is 20.0 Å². The van der Waals surface area contributed by atoms with Crippen molar-refractivity contribution in [2.45, 2.75) is 90.3 Å². The van der Waals surface area contributed by atoms with Gasteiger partial charge in [-0.25, -0.2) is 13.6 Å². The number of carbonyl (C=O) groups excluding carboxylic acids is 1. The van der Waals surface area contributed by atoms with E-state index in [0.29, 0.717) is 62.9 Å². The molecule has 4 heterocycles. The summed E-state index contributed by atoms with van der Waals surface area (Å²) in [6.45, 7) is 20.2. The molecular formula is C39H58Cl2F2N6O2. The molecule has 4 saturated heterocycles. The number of hydrogen-bond donors (Lipinski definition) is 1. The van der Waals surface area contributed by atoms with Crippen molar-refractivity contribution in [3.05, 3.63) is 57.6 Å². The monoisotopic (exact) mass is 750 g/mol. The van der Waals surface area contributed by atoms with Gasteiger partial charge in [0.25, 0.3) is 0 Å². The molecule has 1 amide bonds. The van der Waals surface area contributed by atoms with Gasteiger partial charge in [0.2, 0.25) is 0 Å². The number of rotatable bonds is 6. The highest BCUT2D eigenvalue weighted by molar-refractivity contribution is 6.33. The minimum Gasteiger partial charge on any atom is -0.444 e. The van der Waals surface area contributed by atoms with Crippen molar-refractivity contribution in [3.63, 3.8) is 0 Å². The molecule has 51 heavy (non-hydrogen) atoms. The predicted octanol–water partition coefficient (Wildman–Crippen LogP) is 8.14. The van der Waals surface area contributed by atoms with Crippen LogP contribution >= 0.6 is 23.2 Å². The second-order valence-electron chi connectivity index (χ2n) is 15.4. The molecule has 12 heteroatoms. The van der Waals surface area contributed by atoms with Gasteiger partial charge >= 0.3 is 6.09 Å². The lowest BCUT2D eigenvalue weighted by molar-refractivity contribution is 0.0110. The molecule has 4 fully saturated rings. The SMILES string of the molecule is CC(c1ccc(Cl)c(N2CCC(F)CC2)c1)N1CCN(C(=O)OC(C)(C)C)CC1.CC(c1ccc(Cl)c(N2CCC(F)CC2)c1)N1CCNCC1. The Morgan fingerprint density at radius 2 is 1.12 bits per heavy atom. The van der Waals surface area contributed by atoms with Crippen LogP contribution in [0.4, 0.5) is 25.0 Å². The summed E-state index contributed by atoms with van der Waals surface area (Å²) in [5.41, 5.74) is 4.07. The molecule has 0 aliphatic carbocycles. The highest BCUT2D eigenvalue weighted by Crippen LogP contribution is 2.35. The van der Waals surface area contributed by atoms with E-state index in [4.69, 9.17) is 27.9 Å². The number of piperidine rings is 2. The van der Waals surface area contributed by atoms with Gasteiger partial charge in [0.15, 0.2) is 0 Å². The minimum atomic E-state index is -0.701. The number of piperazine rings is 2. The molecule has 1 N–H and O–H groups in total. The molecule has 0 bridgehead atoms. The fraction of sp³-hybridized carbons (Fsp3) is 0.667. The Bertz CT molecular complexity index is 1420. The van der Waals surface area contributed by atoms with Crippen LogP contribution < -0.4 is 15.1 Å². The van der Waals surface area contributed by atoms with Crippen LogP contribution in [0.25, 0.3) is 0 Å². The molecule has 284 valence electrons. The van der Waals surface area contributed by atoms with E-state index in [1.54, 1.807) is 4.90 Å². The number of amides is 1. The number of anilines is 2. The average Bonchev–Trinajstić information content (AvgIpc) is 3.12. The van der Waals surface area contributed by atoms with Crippen LogP contribution in [0.3, 0.4) is 0 Å². The van der Waals surface area contributed by atoms with Gasteiger partial charge < -0.3 is 24.8 Å². The molecule has 2 atom stereocenters. The van der Waals surface area contributed by atoms with Crippen LogP contribution in [0.5, 0.6) is 0 Å². The molecule has 0 aromatic heterocycles. The number of hydrogen-bond acceptors (Lipinski definition) is 7. The van der Waals surface area contributed by atoms with Crippen LogP contribution in [0.1, 0.15) is 83.5 Å². The van der Waals surface area contributed by atoms with Crippen LogP contribution in [0.2, 0.25) is 10.0 Å². The number of halogens is 4. The number of alkyl halides is 2. The quantitative estimate of drug-likeness (QED) is 0.320. The number of nitrogens with one attached hydrogen (secondary N) is 1. The first-order chi connectivity index (χ1) is 24.3. The van der Waals surface area contributed by atoms with E-state index >= 15 is 0 Å². The molecule has 0 radical (unpaired) electrons. The van der Waals surface area contributed by atoms with Crippen molar-refractivity contribution in [3.8, 4) is 0 Å². The van der Waals surface area contributed by atoms with Crippen LogP contribution in [-0.4, -0.2) is 117 Å². The lowest BCUT2D eigenvalue weighted by Crippen LogP contribution is -2.50. The van der Waals surface area contributed by atoms with Gasteiger partial charge in [0.05, 0.1) is 21.4 Å². The van der Waals surface area contributed by atoms with E-state index in [-0.39, 0.29) is 12.1 Å². The van der Waals surface area contributed by atoms with Crippen LogP contribution in [0.15, 0.2) is 36.4 Å². The summed E-state index contributed by atoms with van der Waals surface area (Å²) < 4.78 is 32.3. The Balaban J connectivity index is 0.000000205. The van der Waals surface area contributed by atoms with E-state index in [2.05, 4.69) is 63.0 Å². The highest BCUT2D eigenvalue weighted by atomic mass is 35.5. The third-order valence-corrected chi connectivity index (χ3v) is 11.3. The van der Waals surface area contributed by atoms with Crippen molar-refractivity contribution in [2.24, 2.45) is 0 Å². The standard InChI is InChI=1S/C22H33ClFN3O2.C17H25ClFN3/c1-16(25-11-13-27(14-12-25)21(28)29-22(2,3)4)17-5-6-19(23)20(15-17)26-9-7-18(24)8-10-26;1-13(21-10-6-20-7-11-21)14-2-3-16(18)17(12-14)22-8-4-15(19)5-9-22/h5-6,15-16,18H,7-14H2,1-4H3;2-3,12-13,15,20H,4-11H2,1H3. The number of nitrogens with zero attached hydrogens (tertiary/aromatic N) is 5. The zero-order chi connectivity index (χ0) is 36.7. The molecule has 6 rings (SSSR count). The molecule has 4 aliphatic rings. The van der Waals surface area contributed by atoms with Crippen LogP contribution in [0, 0.1) is 0 Å². The van der Waals surface area contributed by atoms with Gasteiger partial charge in [-0.05, 0) is 95.7 Å². The third-order valence-electron chi connectivity index (χ3n) is 10.6. The largest absolute Gasteiger partial charge is 0.444 e. The molecular weight excluding hydrogens is 693 g/mol. The second-order valence-corrected chi connectivity index (χ2v) is 16.2. The summed E-state index contributed by atoms with van der Waals surface area (Å²) in [5.74, 6) is 0. The number of benzene rings is 2. The Morgan fingerprint density at radius 3 is 1.53 bits per heavy atom. The summed E-state index contributed by atoms with van der Waals surface area (Å²) in [4.78, 5) is 23.4. The highest BCUT2D eigenvalue weighted by Gasteiger charge is 2.29. The zero-order valence-electron chi connectivity index (χ0n) is 31.2. The van der Waals surface area contributed by atoms with Crippen molar-refractivity contribution in [1.29, 1.82) is 0 Å². The first-order valence-corrected chi connectivity index (χ1v) is 19.6. The summed E-state index contributed by atoms with van der Waals surface area (Å²) in [6, 6.07) is 13.1. The molecule has 2 unspecified atom stereocenters. The van der Waals surface area contributed by atoms with Gasteiger partial charge in [-0.15, -0.1) is 0 Å². The summed E-state index contributed by atoms with van der Waals surface area (Å²) in [6.07, 6.45) is 0.731. The Kier molecular flexibility index (Phi) is 14.1. The van der Waals surface area contributed by atoms with E-state index in [0.717, 1.165) is 68.8 Å². The van der Waals surface area contributed by atoms with Gasteiger partial charge in [0.1, 0.15) is 17.9 Å². The van der Waals surface area contributed by atoms with Crippen molar-refractivity contribution < 1.29 is 18.3 Å². The lowest BCUT2D eigenvalue weighted by Gasteiger charge is -2.39. The van der Waals surface area contributed by atoms with E-state index in [9.17, 15) is 13.6 Å². The maximum Gasteiger partial charge on any atom is 0.410 e. The second kappa shape index (κ2) is 18.1. The molecule has 2 aromatic rings. The molecule has 0 saturated carbocycles. The average molecular weight is 752 g/mol. The molecule has 2 aromatic carbocycles. The minimum absolute atomic E-state index is 0.213. The fourth-order valence-corrected chi connectivity index (χ4v) is 7.83. The number of ether oxygens (including phenoxy) is 1. The van der Waals surface area contributed by atoms with E-state index in [1.165, 1.54) is 11.1 Å². The first kappa shape index (κ1) is 39.8. The van der Waals surface area contributed by atoms with Crippen molar-refractivity contribution >= 4 is 40.7 Å². The van der Waals surface area contributed by atoms with Gasteiger partial charge in [0, 0.05) is 90.6 Å². The first-order valence-electron chi connectivity index (χ1n) is 18.8. The third kappa shape index (κ3) is 11.1. The Labute approximate surface area is 314 Å². The lowest BCUT2D eigenvalue weighted by atomic mass is 10.0. The van der Waals surface area contributed by atoms with Gasteiger partial charge in [-0.2, -0.15) is 0 Å². The fourth-order valence-electron chi connectivity index (χ4n) is 7.35. The topological polar surface area (TPSA) is 54.5 Å². The van der Waals surface area contributed by atoms with Gasteiger partial charge in [-0.3, -0.25) is 9.80 Å². The smallest absolute Gasteiger partial charge is 0.410 e. The summed E-state index contributed by atoms with van der Waals surface area (Å²) >= 11 is 12.9. The van der Waals surface area contributed by atoms with E-state index < -0.39 is 17.9 Å². The van der Waals surface area contributed by atoms with Crippen molar-refractivity contribution in [2.75, 3.05) is 88.3 Å². The summed E-state index contributed by atoms with van der Waals surface area (Å²) in [7, 11) is 0. The predicted molar refractivity (Wildman–Crippen MR) is 206 cm³/mol. The summed E-state index contributed by atoms with van der Waals surface area (Å²) in [5, 5.41) is 4.88. The maximum atomic E-state index is 13.5. The Morgan fingerprint density at radius 1 is 0.706 bits per heavy atom. The zero-order valence-corrected chi connectivity index (χ0v) is 32.7. The normalized spacial score (nSPS) is 21.5. The molecule has 8 nitrogen and oxygen atoms in total. The maximum absolute atomic E-state index is 13.5. The molecule has 0 spiro atoms.